The third-order valence-corrected chi connectivity index (χ3v) is 4.51. The lowest BCUT2D eigenvalue weighted by molar-refractivity contribution is 0.0543. The molecule has 1 aromatic carbocycles. The fraction of sp³-hybridized carbons (Fsp3) is 0.350. The van der Waals surface area contributed by atoms with E-state index >= 15 is 0 Å². The van der Waals surface area contributed by atoms with E-state index in [1.807, 2.05) is 0 Å². The predicted molar refractivity (Wildman–Crippen MR) is 108 cm³/mol. The monoisotopic (exact) mass is 403 g/mol. The van der Waals surface area contributed by atoms with E-state index < -0.39 is 11.7 Å². The smallest absolute Gasteiger partial charge is 0.420 e. The number of hydrogen-bond donors (Lipinski definition) is 0. The molecule has 0 fully saturated rings. The number of carbonyl (C=O) groups excluding carboxylic acids is 1. The van der Waals surface area contributed by atoms with Gasteiger partial charge in [-0.2, -0.15) is 5.10 Å². The highest BCUT2D eigenvalue weighted by molar-refractivity contribution is 6.33. The van der Waals surface area contributed by atoms with Crippen LogP contribution < -0.4 is 10.2 Å². The van der Waals surface area contributed by atoms with E-state index in [4.69, 9.17) is 21.1 Å². The minimum Gasteiger partial charge on any atom is -0.491 e. The molecule has 0 aliphatic carbocycles. The summed E-state index contributed by atoms with van der Waals surface area (Å²) in [5, 5.41) is 4.99. The average Bonchev–Trinajstić information content (AvgIpc) is 2.88. The van der Waals surface area contributed by atoms with Crippen LogP contribution in [0, 0.1) is 6.92 Å². The number of rotatable bonds is 2. The maximum atomic E-state index is 13.2. The van der Waals surface area contributed by atoms with E-state index in [1.54, 1.807) is 59.0 Å². The van der Waals surface area contributed by atoms with Gasteiger partial charge in [-0.1, -0.05) is 29.8 Å². The van der Waals surface area contributed by atoms with Gasteiger partial charge in [0.05, 0.1) is 23.2 Å². The van der Waals surface area contributed by atoms with Crippen molar-refractivity contribution >= 4 is 28.7 Å². The highest BCUT2D eigenvalue weighted by atomic mass is 35.5. The summed E-state index contributed by atoms with van der Waals surface area (Å²) in [6, 6.07) is 6.93. The zero-order valence-electron chi connectivity index (χ0n) is 16.7. The number of benzene rings is 1. The van der Waals surface area contributed by atoms with Crippen LogP contribution in [0.15, 0.2) is 29.1 Å². The van der Waals surface area contributed by atoms with Crippen LogP contribution in [0.25, 0.3) is 22.3 Å². The van der Waals surface area contributed by atoms with Crippen LogP contribution in [0.2, 0.25) is 5.02 Å². The third kappa shape index (κ3) is 3.26. The van der Waals surface area contributed by atoms with E-state index in [2.05, 4.69) is 5.10 Å². The van der Waals surface area contributed by atoms with Crippen molar-refractivity contribution in [3.8, 4) is 17.0 Å². The lowest BCUT2D eigenvalue weighted by atomic mass is 10.1. The van der Waals surface area contributed by atoms with Gasteiger partial charge in [0.15, 0.2) is 11.4 Å². The Labute approximate surface area is 167 Å². The number of aryl methyl sites for hydroxylation is 2. The quantitative estimate of drug-likeness (QED) is 0.642. The molecule has 2 heterocycles. The maximum absolute atomic E-state index is 13.2. The van der Waals surface area contributed by atoms with Crippen LogP contribution in [0.4, 0.5) is 4.79 Å². The average molecular weight is 404 g/mol. The number of fused-ring (bicyclic) bond motifs is 1. The molecule has 0 saturated heterocycles. The number of halogens is 1. The molecule has 148 valence electrons. The number of methoxy groups -OCH3 is 1. The molecule has 0 aliphatic heterocycles. The van der Waals surface area contributed by atoms with Crippen molar-refractivity contribution in [2.24, 2.45) is 7.05 Å². The Morgan fingerprint density at radius 2 is 1.86 bits per heavy atom. The normalized spacial score (nSPS) is 11.7. The molecule has 0 amide bonds. The summed E-state index contributed by atoms with van der Waals surface area (Å²) in [4.78, 5) is 26.4. The molecule has 0 N–H and O–H groups in total. The Balaban J connectivity index is 2.55. The highest BCUT2D eigenvalue weighted by Gasteiger charge is 2.30. The molecule has 0 unspecified atom stereocenters. The Morgan fingerprint density at radius 1 is 1.21 bits per heavy atom. The number of ether oxygens (including phenoxy) is 2. The van der Waals surface area contributed by atoms with Gasteiger partial charge in [-0.25, -0.2) is 9.36 Å². The van der Waals surface area contributed by atoms with Crippen LogP contribution in [0.3, 0.4) is 0 Å². The van der Waals surface area contributed by atoms with Gasteiger partial charge >= 0.3 is 6.09 Å². The fourth-order valence-corrected chi connectivity index (χ4v) is 3.39. The Kier molecular flexibility index (Phi) is 4.97. The van der Waals surface area contributed by atoms with Gasteiger partial charge in [0.2, 0.25) is 5.43 Å². The Morgan fingerprint density at radius 3 is 2.43 bits per heavy atom. The molecule has 7 nitrogen and oxygen atoms in total. The number of pyridine rings is 1. The Hall–Kier alpha value is -2.80. The molecule has 3 aromatic rings. The van der Waals surface area contributed by atoms with E-state index in [0.717, 1.165) is 0 Å². The first-order valence-electron chi connectivity index (χ1n) is 8.71. The zero-order chi connectivity index (χ0) is 20.8. The van der Waals surface area contributed by atoms with Gasteiger partial charge < -0.3 is 9.47 Å². The van der Waals surface area contributed by atoms with Crippen LogP contribution in [0.1, 0.15) is 26.5 Å². The minimum absolute atomic E-state index is 0.00237. The summed E-state index contributed by atoms with van der Waals surface area (Å²) in [6.07, 6.45) is -0.659. The number of carbonyl (C=O) groups is 1. The zero-order valence-corrected chi connectivity index (χ0v) is 17.4. The fourth-order valence-electron chi connectivity index (χ4n) is 3.17. The number of hydrogen-bond acceptors (Lipinski definition) is 5. The number of nitrogens with zero attached hydrogens (tertiary/aromatic N) is 3. The second kappa shape index (κ2) is 6.98. The van der Waals surface area contributed by atoms with Crippen molar-refractivity contribution in [2.45, 2.75) is 33.3 Å². The van der Waals surface area contributed by atoms with Crippen LogP contribution in [-0.4, -0.2) is 33.2 Å². The summed E-state index contributed by atoms with van der Waals surface area (Å²) in [5.41, 5.74) is 0.396. The second-order valence-electron chi connectivity index (χ2n) is 7.41. The van der Waals surface area contributed by atoms with Crippen molar-refractivity contribution in [3.63, 3.8) is 0 Å². The van der Waals surface area contributed by atoms with E-state index in [1.165, 1.54) is 16.4 Å². The maximum Gasteiger partial charge on any atom is 0.420 e. The second-order valence-corrected chi connectivity index (χ2v) is 7.82. The van der Waals surface area contributed by atoms with Crippen molar-refractivity contribution in [3.05, 3.63) is 45.2 Å². The summed E-state index contributed by atoms with van der Waals surface area (Å²) in [5.74, 6) is 0.00237. The molecule has 2 aromatic heterocycles. The molecule has 28 heavy (non-hydrogen) atoms. The predicted octanol–water partition coefficient (Wildman–Crippen LogP) is 4.16. The first kappa shape index (κ1) is 19.9. The summed E-state index contributed by atoms with van der Waals surface area (Å²) in [7, 11) is 3.05. The van der Waals surface area contributed by atoms with Gasteiger partial charge in [0.25, 0.3) is 0 Å². The van der Waals surface area contributed by atoms with Crippen LogP contribution in [0.5, 0.6) is 5.75 Å². The topological polar surface area (TPSA) is 75.3 Å². The van der Waals surface area contributed by atoms with Crippen LogP contribution in [-0.2, 0) is 11.8 Å². The van der Waals surface area contributed by atoms with Gasteiger partial charge in [0, 0.05) is 12.6 Å². The number of aromatic nitrogens is 3. The molecule has 0 aliphatic rings. The first-order valence-corrected chi connectivity index (χ1v) is 9.09. The Bertz CT molecular complexity index is 1140. The highest BCUT2D eigenvalue weighted by Crippen LogP contribution is 2.36. The first-order chi connectivity index (χ1) is 13.1. The SMILES string of the molecule is COc1c(-c2ccccc2Cl)n(C(=O)OC(C)(C)C)c2c(c(C)nn2C)c1=O. The summed E-state index contributed by atoms with van der Waals surface area (Å²) >= 11 is 6.40. The van der Waals surface area contributed by atoms with Crippen molar-refractivity contribution in [1.82, 2.24) is 14.3 Å². The standard InChI is InChI=1S/C20H22ClN3O4/c1-11-14-16(25)17(27-6)15(12-9-7-8-10-13(12)21)24(18(14)23(5)22-11)19(26)28-20(2,3)4/h7-10H,1-6H3. The molecule has 0 spiro atoms. The molecular weight excluding hydrogens is 382 g/mol. The molecule has 0 saturated carbocycles. The molecule has 0 bridgehead atoms. The lowest BCUT2D eigenvalue weighted by Gasteiger charge is -2.23. The summed E-state index contributed by atoms with van der Waals surface area (Å²) in [6.45, 7) is 7.01. The van der Waals surface area contributed by atoms with Gasteiger partial charge in [-0.05, 0) is 33.8 Å². The van der Waals surface area contributed by atoms with Gasteiger partial charge in [-0.15, -0.1) is 0 Å². The van der Waals surface area contributed by atoms with Crippen molar-refractivity contribution < 1.29 is 14.3 Å². The minimum atomic E-state index is -0.745. The lowest BCUT2D eigenvalue weighted by Crippen LogP contribution is -2.30. The van der Waals surface area contributed by atoms with Crippen LogP contribution >= 0.6 is 11.6 Å². The van der Waals surface area contributed by atoms with E-state index in [0.29, 0.717) is 27.3 Å². The largest absolute Gasteiger partial charge is 0.491 e. The third-order valence-electron chi connectivity index (χ3n) is 4.18. The molecule has 3 rings (SSSR count). The molecule has 0 atom stereocenters. The van der Waals surface area contributed by atoms with E-state index in [-0.39, 0.29) is 16.9 Å². The van der Waals surface area contributed by atoms with E-state index in [9.17, 15) is 9.59 Å². The van der Waals surface area contributed by atoms with Crippen molar-refractivity contribution in [1.29, 1.82) is 0 Å². The van der Waals surface area contributed by atoms with Gasteiger partial charge in [-0.3, -0.25) is 9.48 Å². The molecular formula is C20H22ClN3O4. The molecule has 0 radical (unpaired) electrons. The molecule has 8 heteroatoms. The van der Waals surface area contributed by atoms with Crippen molar-refractivity contribution in [2.75, 3.05) is 7.11 Å². The van der Waals surface area contributed by atoms with Gasteiger partial charge in [0.1, 0.15) is 11.3 Å². The summed E-state index contributed by atoms with van der Waals surface area (Å²) < 4.78 is 13.9.